The standard InChI is InChI=1S/C25H30F2N4O5S/c1-3-16-5-4-6-17(7-16)13-28-15-23(32)22(10-18-8-19(26)11-20(27)9-18)30-24(33)12-21-14-29-25(36-21)31-37(2,34)35/h4-9,11,14,22-23,28,32H,3,10,12-13,15H2,1-2H3,(H,29,31)(H,30,33)/t22-,23+/m0/s1. The van der Waals surface area contributed by atoms with Crippen LogP contribution in [0.1, 0.15) is 29.4 Å². The average Bonchev–Trinajstić information content (AvgIpc) is 3.22. The lowest BCUT2D eigenvalue weighted by molar-refractivity contribution is -0.122. The molecule has 12 heteroatoms. The number of anilines is 1. The summed E-state index contributed by atoms with van der Waals surface area (Å²) >= 11 is 0. The van der Waals surface area contributed by atoms with Gasteiger partial charge in [-0.1, -0.05) is 31.2 Å². The molecule has 0 saturated carbocycles. The number of hydrogen-bond acceptors (Lipinski definition) is 7. The first-order valence-electron chi connectivity index (χ1n) is 11.6. The zero-order chi connectivity index (χ0) is 27.0. The van der Waals surface area contributed by atoms with E-state index in [1.807, 2.05) is 18.2 Å². The molecule has 0 saturated heterocycles. The molecule has 1 heterocycles. The Balaban J connectivity index is 1.66. The van der Waals surface area contributed by atoms with Crippen LogP contribution in [-0.4, -0.2) is 49.4 Å². The molecule has 3 aromatic rings. The Morgan fingerprint density at radius 3 is 2.49 bits per heavy atom. The third-order valence-corrected chi connectivity index (χ3v) is 5.98. The lowest BCUT2D eigenvalue weighted by Gasteiger charge is -2.25. The summed E-state index contributed by atoms with van der Waals surface area (Å²) < 4.78 is 57.4. The maximum atomic E-state index is 13.7. The van der Waals surface area contributed by atoms with E-state index in [0.29, 0.717) is 6.54 Å². The number of aromatic nitrogens is 1. The number of sulfonamides is 1. The second-order valence-corrected chi connectivity index (χ2v) is 10.5. The summed E-state index contributed by atoms with van der Waals surface area (Å²) in [6, 6.07) is 9.83. The lowest BCUT2D eigenvalue weighted by atomic mass is 10.00. The molecular weight excluding hydrogens is 506 g/mol. The summed E-state index contributed by atoms with van der Waals surface area (Å²) in [6.07, 6.45) is 1.60. The molecule has 37 heavy (non-hydrogen) atoms. The zero-order valence-electron chi connectivity index (χ0n) is 20.5. The highest BCUT2D eigenvalue weighted by atomic mass is 32.2. The number of amides is 1. The first kappa shape index (κ1) is 28.2. The van der Waals surface area contributed by atoms with Crippen molar-refractivity contribution < 1.29 is 31.5 Å². The van der Waals surface area contributed by atoms with Crippen LogP contribution in [0.25, 0.3) is 0 Å². The van der Waals surface area contributed by atoms with Crippen LogP contribution >= 0.6 is 0 Å². The Morgan fingerprint density at radius 2 is 1.81 bits per heavy atom. The van der Waals surface area contributed by atoms with Gasteiger partial charge in [-0.2, -0.15) is 0 Å². The lowest BCUT2D eigenvalue weighted by Crippen LogP contribution is -2.49. The Labute approximate surface area is 214 Å². The molecule has 2 atom stereocenters. The fourth-order valence-electron chi connectivity index (χ4n) is 3.74. The number of aryl methyl sites for hydroxylation is 1. The SMILES string of the molecule is CCc1cccc(CNC[C@@H](O)[C@H](Cc2cc(F)cc(F)c2)NC(=O)Cc2cnc(NS(C)(=O)=O)o2)c1. The summed E-state index contributed by atoms with van der Waals surface area (Å²) in [6.45, 7) is 2.64. The Kier molecular flexibility index (Phi) is 9.73. The number of halogens is 2. The summed E-state index contributed by atoms with van der Waals surface area (Å²) in [5.74, 6) is -2.01. The third-order valence-electron chi connectivity index (χ3n) is 5.43. The molecule has 0 fully saturated rings. The van der Waals surface area contributed by atoms with Crippen molar-refractivity contribution in [3.63, 3.8) is 0 Å². The quantitative estimate of drug-likeness (QED) is 0.263. The second kappa shape index (κ2) is 12.7. The van der Waals surface area contributed by atoms with Crippen molar-refractivity contribution in [2.75, 3.05) is 17.5 Å². The minimum absolute atomic E-state index is 0.0358. The van der Waals surface area contributed by atoms with Gasteiger partial charge in [0.2, 0.25) is 15.9 Å². The molecule has 3 rings (SSSR count). The Morgan fingerprint density at radius 1 is 1.11 bits per heavy atom. The van der Waals surface area contributed by atoms with Crippen molar-refractivity contribution in [2.45, 2.75) is 44.9 Å². The van der Waals surface area contributed by atoms with Crippen LogP contribution in [0.15, 0.2) is 53.1 Å². The van der Waals surface area contributed by atoms with Crippen LogP contribution in [0, 0.1) is 11.6 Å². The first-order valence-corrected chi connectivity index (χ1v) is 13.5. The highest BCUT2D eigenvalue weighted by Crippen LogP contribution is 2.14. The molecule has 0 unspecified atom stereocenters. The summed E-state index contributed by atoms with van der Waals surface area (Å²) in [4.78, 5) is 16.5. The highest BCUT2D eigenvalue weighted by molar-refractivity contribution is 7.91. The molecule has 0 radical (unpaired) electrons. The molecule has 0 aliphatic heterocycles. The largest absolute Gasteiger partial charge is 0.428 e. The van der Waals surface area contributed by atoms with Crippen LogP contribution < -0.4 is 15.4 Å². The smallest absolute Gasteiger partial charge is 0.308 e. The molecule has 200 valence electrons. The van der Waals surface area contributed by atoms with Gasteiger partial charge in [-0.05, 0) is 41.7 Å². The number of carbonyl (C=O) groups is 1. The predicted octanol–water partition coefficient (Wildman–Crippen LogP) is 2.31. The monoisotopic (exact) mass is 536 g/mol. The molecule has 2 aromatic carbocycles. The van der Waals surface area contributed by atoms with Gasteiger partial charge in [-0.25, -0.2) is 26.9 Å². The van der Waals surface area contributed by atoms with Crippen molar-refractivity contribution in [1.29, 1.82) is 0 Å². The van der Waals surface area contributed by atoms with Gasteiger partial charge in [0.1, 0.15) is 17.4 Å². The van der Waals surface area contributed by atoms with Gasteiger partial charge in [-0.15, -0.1) is 0 Å². The topological polar surface area (TPSA) is 134 Å². The molecule has 0 bridgehead atoms. The second-order valence-electron chi connectivity index (χ2n) is 8.71. The Bertz CT molecular complexity index is 1300. The van der Waals surface area contributed by atoms with Gasteiger partial charge >= 0.3 is 6.01 Å². The normalized spacial score (nSPS) is 13.2. The first-order chi connectivity index (χ1) is 17.5. The van der Waals surface area contributed by atoms with Gasteiger partial charge < -0.3 is 20.2 Å². The average molecular weight is 537 g/mol. The van der Waals surface area contributed by atoms with E-state index in [2.05, 4.69) is 33.3 Å². The number of rotatable bonds is 13. The number of aliphatic hydroxyl groups is 1. The van der Waals surface area contributed by atoms with Gasteiger partial charge in [0, 0.05) is 19.2 Å². The maximum Gasteiger partial charge on any atom is 0.308 e. The predicted molar refractivity (Wildman–Crippen MR) is 134 cm³/mol. The van der Waals surface area contributed by atoms with Crippen LogP contribution in [0.3, 0.4) is 0 Å². The zero-order valence-corrected chi connectivity index (χ0v) is 21.3. The number of carbonyl (C=O) groups excluding carboxylic acids is 1. The maximum absolute atomic E-state index is 13.7. The summed E-state index contributed by atoms with van der Waals surface area (Å²) in [7, 11) is -3.61. The van der Waals surface area contributed by atoms with E-state index in [-0.39, 0.29) is 36.7 Å². The van der Waals surface area contributed by atoms with E-state index >= 15 is 0 Å². The van der Waals surface area contributed by atoms with E-state index in [1.54, 1.807) is 0 Å². The molecule has 0 spiro atoms. The molecule has 4 N–H and O–H groups in total. The molecular formula is C25H30F2N4O5S. The van der Waals surface area contributed by atoms with Crippen LogP contribution in [-0.2, 0) is 40.6 Å². The number of nitrogens with zero attached hydrogens (tertiary/aromatic N) is 1. The summed E-state index contributed by atoms with van der Waals surface area (Å²) in [5.41, 5.74) is 2.47. The number of nitrogens with one attached hydrogen (secondary N) is 3. The van der Waals surface area contributed by atoms with Crippen LogP contribution in [0.2, 0.25) is 0 Å². The molecule has 0 aliphatic rings. The van der Waals surface area contributed by atoms with Gasteiger partial charge in [0.05, 0.1) is 31.0 Å². The molecule has 1 amide bonds. The highest BCUT2D eigenvalue weighted by Gasteiger charge is 2.23. The Hall–Kier alpha value is -3.35. The van der Waals surface area contributed by atoms with Crippen molar-refractivity contribution >= 4 is 21.9 Å². The minimum Gasteiger partial charge on any atom is -0.428 e. The van der Waals surface area contributed by atoms with E-state index in [9.17, 15) is 27.1 Å². The van der Waals surface area contributed by atoms with Gasteiger partial charge in [0.15, 0.2) is 0 Å². The van der Waals surface area contributed by atoms with Crippen LogP contribution in [0.5, 0.6) is 0 Å². The van der Waals surface area contributed by atoms with E-state index in [0.717, 1.165) is 36.4 Å². The van der Waals surface area contributed by atoms with E-state index in [4.69, 9.17) is 4.42 Å². The van der Waals surface area contributed by atoms with Crippen molar-refractivity contribution in [3.8, 4) is 0 Å². The number of oxazole rings is 1. The van der Waals surface area contributed by atoms with Crippen molar-refractivity contribution in [1.82, 2.24) is 15.6 Å². The van der Waals surface area contributed by atoms with E-state index < -0.39 is 39.7 Å². The fraction of sp³-hybridized carbons (Fsp3) is 0.360. The fourth-order valence-corrected chi connectivity index (χ4v) is 4.15. The molecule has 9 nitrogen and oxygen atoms in total. The third kappa shape index (κ3) is 9.56. The van der Waals surface area contributed by atoms with Crippen molar-refractivity contribution in [3.05, 3.63) is 82.7 Å². The molecule has 1 aromatic heterocycles. The number of benzene rings is 2. The van der Waals surface area contributed by atoms with Gasteiger partial charge in [0.25, 0.3) is 0 Å². The molecule has 0 aliphatic carbocycles. The van der Waals surface area contributed by atoms with Crippen LogP contribution in [0.4, 0.5) is 14.8 Å². The number of hydrogen-bond donors (Lipinski definition) is 4. The number of aliphatic hydroxyl groups excluding tert-OH is 1. The van der Waals surface area contributed by atoms with Crippen molar-refractivity contribution in [2.24, 2.45) is 0 Å². The minimum atomic E-state index is -3.61. The van der Waals surface area contributed by atoms with E-state index in [1.165, 1.54) is 11.8 Å². The van der Waals surface area contributed by atoms with Gasteiger partial charge in [-0.3, -0.25) is 4.79 Å². The summed E-state index contributed by atoms with van der Waals surface area (Å²) in [5, 5.41) is 16.7.